The molecule has 1 unspecified atom stereocenters. The molecule has 0 bridgehead atoms. The van der Waals surface area contributed by atoms with E-state index in [0.29, 0.717) is 5.56 Å². The minimum Gasteiger partial charge on any atom is -0.480 e. The maximum Gasteiger partial charge on any atom is 0.321 e. The maximum atomic E-state index is 12.5. The highest BCUT2D eigenvalue weighted by molar-refractivity contribution is 5.81. The molecular weight excluding hydrogens is 430 g/mol. The molecule has 184 valence electrons. The lowest BCUT2D eigenvalue weighted by atomic mass is 9.97. The number of nitrogens with one attached hydrogen (secondary N) is 1. The number of hydrogen-bond acceptors (Lipinski definition) is 8. The third-order valence-electron chi connectivity index (χ3n) is 4.39. The fourth-order valence-corrected chi connectivity index (χ4v) is 2.47. The standard InChI is InChI=1S/C24H35NO8/c1-14(31-15(2)26)13-25-17(20(27)28)11-16-9-10-18(32-21(29)23(3,4)5)19(12-16)33-22(30)24(6,7)8/h9-10,12,14,17,25H,11,13H2,1-8H3,(H,27,28)/t14?,17-/m0/s1. The van der Waals surface area contributed by atoms with E-state index in [0.717, 1.165) is 0 Å². The molecule has 0 saturated heterocycles. The van der Waals surface area contributed by atoms with Gasteiger partial charge in [-0.1, -0.05) is 6.07 Å². The van der Waals surface area contributed by atoms with Crippen LogP contribution in [0.3, 0.4) is 0 Å². The second kappa shape index (κ2) is 11.3. The van der Waals surface area contributed by atoms with Crippen LogP contribution < -0.4 is 14.8 Å². The van der Waals surface area contributed by atoms with Crippen molar-refractivity contribution < 1.29 is 38.5 Å². The zero-order valence-electron chi connectivity index (χ0n) is 20.6. The number of carboxylic acid groups (broad SMARTS) is 1. The van der Waals surface area contributed by atoms with Crippen molar-refractivity contribution in [3.8, 4) is 11.5 Å². The molecule has 0 aromatic heterocycles. The summed E-state index contributed by atoms with van der Waals surface area (Å²) >= 11 is 0. The summed E-state index contributed by atoms with van der Waals surface area (Å²) in [6, 6.07) is 3.58. The number of carbonyl (C=O) groups is 4. The molecule has 0 aliphatic carbocycles. The molecular formula is C24H35NO8. The van der Waals surface area contributed by atoms with Gasteiger partial charge in [0.15, 0.2) is 11.5 Å². The number of aliphatic carboxylic acids is 1. The molecule has 0 aliphatic heterocycles. The van der Waals surface area contributed by atoms with Crippen molar-refractivity contribution in [1.82, 2.24) is 5.32 Å². The summed E-state index contributed by atoms with van der Waals surface area (Å²) in [7, 11) is 0. The average molecular weight is 466 g/mol. The van der Waals surface area contributed by atoms with Crippen molar-refractivity contribution in [3.63, 3.8) is 0 Å². The molecule has 0 heterocycles. The van der Waals surface area contributed by atoms with E-state index >= 15 is 0 Å². The molecule has 1 rings (SSSR count). The Labute approximate surface area is 194 Å². The van der Waals surface area contributed by atoms with E-state index in [9.17, 15) is 24.3 Å². The van der Waals surface area contributed by atoms with Gasteiger partial charge in [0.25, 0.3) is 0 Å². The smallest absolute Gasteiger partial charge is 0.321 e. The van der Waals surface area contributed by atoms with Gasteiger partial charge in [0.05, 0.1) is 10.8 Å². The topological polar surface area (TPSA) is 128 Å². The first-order chi connectivity index (χ1) is 15.0. The van der Waals surface area contributed by atoms with Crippen molar-refractivity contribution in [2.75, 3.05) is 6.54 Å². The van der Waals surface area contributed by atoms with Crippen molar-refractivity contribution in [3.05, 3.63) is 23.8 Å². The van der Waals surface area contributed by atoms with Crippen LogP contribution in [0.2, 0.25) is 0 Å². The summed E-state index contributed by atoms with van der Waals surface area (Å²) < 4.78 is 16.0. The highest BCUT2D eigenvalue weighted by Gasteiger charge is 2.29. The van der Waals surface area contributed by atoms with Crippen LogP contribution in [-0.2, 0) is 30.3 Å². The van der Waals surface area contributed by atoms with Crippen LogP contribution in [-0.4, -0.2) is 47.7 Å². The summed E-state index contributed by atoms with van der Waals surface area (Å²) in [5.74, 6) is -2.49. The lowest BCUT2D eigenvalue weighted by Gasteiger charge is -2.21. The molecule has 0 spiro atoms. The van der Waals surface area contributed by atoms with E-state index in [2.05, 4.69) is 5.32 Å². The molecule has 9 nitrogen and oxygen atoms in total. The Kier molecular flexibility index (Phi) is 9.59. The van der Waals surface area contributed by atoms with Gasteiger partial charge < -0.3 is 24.6 Å². The lowest BCUT2D eigenvalue weighted by Crippen LogP contribution is -2.42. The Morgan fingerprint density at radius 1 is 0.939 bits per heavy atom. The van der Waals surface area contributed by atoms with E-state index in [1.807, 2.05) is 0 Å². The third-order valence-corrected chi connectivity index (χ3v) is 4.39. The largest absolute Gasteiger partial charge is 0.480 e. The molecule has 2 N–H and O–H groups in total. The molecule has 0 amide bonds. The normalized spacial score (nSPS) is 13.6. The Morgan fingerprint density at radius 2 is 1.45 bits per heavy atom. The first-order valence-corrected chi connectivity index (χ1v) is 10.7. The van der Waals surface area contributed by atoms with E-state index < -0.39 is 46.9 Å². The number of ether oxygens (including phenoxy) is 3. The van der Waals surface area contributed by atoms with Crippen LogP contribution in [0.5, 0.6) is 11.5 Å². The molecule has 2 atom stereocenters. The lowest BCUT2D eigenvalue weighted by molar-refractivity contribution is -0.145. The highest BCUT2D eigenvalue weighted by Crippen LogP contribution is 2.33. The Morgan fingerprint density at radius 3 is 1.91 bits per heavy atom. The van der Waals surface area contributed by atoms with Crippen molar-refractivity contribution >= 4 is 23.9 Å². The van der Waals surface area contributed by atoms with Crippen LogP contribution in [0.15, 0.2) is 18.2 Å². The van der Waals surface area contributed by atoms with E-state index in [1.54, 1.807) is 54.5 Å². The molecule has 0 fully saturated rings. The van der Waals surface area contributed by atoms with Gasteiger partial charge in [-0.25, -0.2) is 0 Å². The second-order valence-corrected chi connectivity index (χ2v) is 9.98. The average Bonchev–Trinajstić information content (AvgIpc) is 2.64. The number of rotatable bonds is 9. The van der Waals surface area contributed by atoms with E-state index in [4.69, 9.17) is 14.2 Å². The molecule has 9 heteroatoms. The van der Waals surface area contributed by atoms with Crippen LogP contribution in [0, 0.1) is 10.8 Å². The van der Waals surface area contributed by atoms with Crippen LogP contribution in [0.25, 0.3) is 0 Å². The molecule has 1 aromatic carbocycles. The number of hydrogen-bond donors (Lipinski definition) is 2. The summed E-state index contributed by atoms with van der Waals surface area (Å²) in [6.07, 6.45) is -0.456. The zero-order valence-corrected chi connectivity index (χ0v) is 20.6. The number of carbonyl (C=O) groups excluding carboxylic acids is 3. The Bertz CT molecular complexity index is 879. The summed E-state index contributed by atoms with van der Waals surface area (Å²) in [5, 5.41) is 12.4. The van der Waals surface area contributed by atoms with Crippen molar-refractivity contribution in [2.45, 2.75) is 74.0 Å². The van der Waals surface area contributed by atoms with Crippen LogP contribution in [0.1, 0.15) is 61.0 Å². The molecule has 33 heavy (non-hydrogen) atoms. The minimum absolute atomic E-state index is 0.0300. The maximum absolute atomic E-state index is 12.5. The minimum atomic E-state index is -1.10. The first-order valence-electron chi connectivity index (χ1n) is 10.7. The van der Waals surface area contributed by atoms with Gasteiger partial charge in [0.2, 0.25) is 0 Å². The predicted molar refractivity (Wildman–Crippen MR) is 121 cm³/mol. The molecule has 0 aliphatic rings. The van der Waals surface area contributed by atoms with E-state index in [-0.39, 0.29) is 24.5 Å². The highest BCUT2D eigenvalue weighted by atomic mass is 16.6. The zero-order chi connectivity index (χ0) is 25.6. The van der Waals surface area contributed by atoms with E-state index in [1.165, 1.54) is 19.1 Å². The summed E-state index contributed by atoms with van der Waals surface area (Å²) in [6.45, 7) is 13.2. The van der Waals surface area contributed by atoms with Gasteiger partial charge in [0, 0.05) is 13.5 Å². The van der Waals surface area contributed by atoms with Gasteiger partial charge in [-0.15, -0.1) is 0 Å². The Hall–Kier alpha value is -2.94. The Balaban J connectivity index is 3.15. The van der Waals surface area contributed by atoms with Crippen LogP contribution >= 0.6 is 0 Å². The monoisotopic (exact) mass is 465 g/mol. The first kappa shape index (κ1) is 28.1. The van der Waals surface area contributed by atoms with Gasteiger partial charge in [0.1, 0.15) is 12.1 Å². The molecule has 0 radical (unpaired) electrons. The van der Waals surface area contributed by atoms with Gasteiger partial charge >= 0.3 is 23.9 Å². The van der Waals surface area contributed by atoms with Gasteiger partial charge in [-0.3, -0.25) is 19.2 Å². The van der Waals surface area contributed by atoms with Crippen molar-refractivity contribution in [1.29, 1.82) is 0 Å². The fourth-order valence-electron chi connectivity index (χ4n) is 2.47. The third kappa shape index (κ3) is 9.61. The van der Waals surface area contributed by atoms with Crippen molar-refractivity contribution in [2.24, 2.45) is 10.8 Å². The molecule has 0 saturated carbocycles. The fraction of sp³-hybridized carbons (Fsp3) is 0.583. The van der Waals surface area contributed by atoms with Gasteiger partial charge in [-0.05, 0) is 72.6 Å². The SMILES string of the molecule is CC(=O)OC(C)CN[C@@H](Cc1ccc(OC(=O)C(C)(C)C)c(OC(=O)C(C)(C)C)c1)C(=O)O. The predicted octanol–water partition coefficient (Wildman–Crippen LogP) is 3.13. The molecule has 1 aromatic rings. The number of benzene rings is 1. The number of carboxylic acids is 1. The second-order valence-electron chi connectivity index (χ2n) is 9.98. The number of esters is 3. The summed E-state index contributed by atoms with van der Waals surface area (Å²) in [5.41, 5.74) is -1.04. The van der Waals surface area contributed by atoms with Gasteiger partial charge in [-0.2, -0.15) is 0 Å². The van der Waals surface area contributed by atoms with Crippen LogP contribution in [0.4, 0.5) is 0 Å². The quantitative estimate of drug-likeness (QED) is 0.417. The summed E-state index contributed by atoms with van der Waals surface area (Å²) in [4.78, 5) is 47.6.